The zero-order valence-electron chi connectivity index (χ0n) is 7.49. The van der Waals surface area contributed by atoms with E-state index in [0.717, 1.165) is 12.8 Å². The lowest BCUT2D eigenvalue weighted by Gasteiger charge is -2.14. The zero-order chi connectivity index (χ0) is 9.68. The van der Waals surface area contributed by atoms with Crippen LogP contribution in [-0.4, -0.2) is 12.5 Å². The minimum Gasteiger partial charge on any atom is -0.399 e. The molecule has 1 aliphatic rings. The van der Waals surface area contributed by atoms with Crippen LogP contribution >= 0.6 is 0 Å². The minimum absolute atomic E-state index is 0.147. The van der Waals surface area contributed by atoms with Crippen LogP contribution < -0.4 is 11.5 Å². The smallest absolute Gasteiger partial charge is 0.128 e. The summed E-state index contributed by atoms with van der Waals surface area (Å²) in [5, 5.41) is 0. The van der Waals surface area contributed by atoms with Crippen LogP contribution in [0.3, 0.4) is 0 Å². The van der Waals surface area contributed by atoms with Crippen LogP contribution in [0.1, 0.15) is 12.8 Å². The van der Waals surface area contributed by atoms with Gasteiger partial charge in [-0.2, -0.15) is 0 Å². The molecule has 0 amide bonds. The number of hydrogen-bond donors (Lipinski definition) is 2. The lowest BCUT2D eigenvalue weighted by Crippen LogP contribution is -2.10. The molecular formula is C10H14N2O. The van der Waals surface area contributed by atoms with Crippen molar-refractivity contribution in [2.45, 2.75) is 12.8 Å². The molecule has 0 aromatic carbocycles. The van der Waals surface area contributed by atoms with Gasteiger partial charge in [-0.25, -0.2) is 4.79 Å². The van der Waals surface area contributed by atoms with Gasteiger partial charge in [-0.15, -0.1) is 0 Å². The van der Waals surface area contributed by atoms with E-state index in [1.54, 1.807) is 6.08 Å². The molecule has 1 rings (SSSR count). The first-order valence-electron chi connectivity index (χ1n) is 4.38. The van der Waals surface area contributed by atoms with E-state index in [0.29, 0.717) is 17.8 Å². The molecule has 0 spiro atoms. The Morgan fingerprint density at radius 2 is 2.31 bits per heavy atom. The summed E-state index contributed by atoms with van der Waals surface area (Å²) in [7, 11) is 0. The third-order valence-corrected chi connectivity index (χ3v) is 2.08. The molecule has 0 bridgehead atoms. The standard InChI is InChI=1S/C10H14N2O/c11-5-1-2-8-3-4-10(12)6-9(8)7-13/h3-4,6,8H,1-2,5,11-12H2. The molecule has 0 fully saturated rings. The van der Waals surface area contributed by atoms with Crippen molar-refractivity contribution in [2.24, 2.45) is 17.4 Å². The molecule has 1 aliphatic carbocycles. The Kier molecular flexibility index (Phi) is 3.50. The summed E-state index contributed by atoms with van der Waals surface area (Å²) in [5.74, 6) is 2.06. The Morgan fingerprint density at radius 3 is 2.92 bits per heavy atom. The van der Waals surface area contributed by atoms with Gasteiger partial charge in [0.2, 0.25) is 0 Å². The second-order valence-corrected chi connectivity index (χ2v) is 3.10. The van der Waals surface area contributed by atoms with E-state index in [1.807, 2.05) is 18.1 Å². The van der Waals surface area contributed by atoms with Gasteiger partial charge in [-0.05, 0) is 31.5 Å². The first-order valence-corrected chi connectivity index (χ1v) is 4.38. The topological polar surface area (TPSA) is 69.1 Å². The molecule has 3 heteroatoms. The Balaban J connectivity index is 2.67. The average Bonchev–Trinajstić information content (AvgIpc) is 2.16. The highest BCUT2D eigenvalue weighted by Gasteiger charge is 2.13. The summed E-state index contributed by atoms with van der Waals surface area (Å²) in [6.45, 7) is 0.648. The number of rotatable bonds is 3. The normalized spacial score (nSPS) is 21.2. The van der Waals surface area contributed by atoms with Gasteiger partial charge in [0.15, 0.2) is 0 Å². The zero-order valence-corrected chi connectivity index (χ0v) is 7.49. The van der Waals surface area contributed by atoms with Crippen LogP contribution in [0.4, 0.5) is 0 Å². The van der Waals surface area contributed by atoms with E-state index in [2.05, 4.69) is 0 Å². The summed E-state index contributed by atoms with van der Waals surface area (Å²) in [6.07, 6.45) is 7.23. The summed E-state index contributed by atoms with van der Waals surface area (Å²) < 4.78 is 0. The van der Waals surface area contributed by atoms with E-state index < -0.39 is 0 Å². The highest BCUT2D eigenvalue weighted by atomic mass is 16.1. The monoisotopic (exact) mass is 178 g/mol. The fraction of sp³-hybridized carbons (Fsp3) is 0.400. The Labute approximate surface area is 77.8 Å². The van der Waals surface area contributed by atoms with Gasteiger partial charge >= 0.3 is 0 Å². The van der Waals surface area contributed by atoms with Crippen LogP contribution in [0.2, 0.25) is 0 Å². The van der Waals surface area contributed by atoms with E-state index in [1.165, 1.54) is 0 Å². The molecule has 0 aromatic heterocycles. The van der Waals surface area contributed by atoms with Crippen LogP contribution in [0.5, 0.6) is 0 Å². The Morgan fingerprint density at radius 1 is 1.54 bits per heavy atom. The van der Waals surface area contributed by atoms with Crippen molar-refractivity contribution in [2.75, 3.05) is 6.54 Å². The van der Waals surface area contributed by atoms with Gasteiger partial charge in [0.05, 0.1) is 0 Å². The van der Waals surface area contributed by atoms with Gasteiger partial charge in [0, 0.05) is 17.2 Å². The molecule has 70 valence electrons. The van der Waals surface area contributed by atoms with Crippen molar-refractivity contribution in [3.8, 4) is 0 Å². The first kappa shape index (κ1) is 9.78. The van der Waals surface area contributed by atoms with Crippen LogP contribution in [0.15, 0.2) is 29.5 Å². The van der Waals surface area contributed by atoms with Crippen molar-refractivity contribution in [1.29, 1.82) is 0 Å². The lowest BCUT2D eigenvalue weighted by molar-refractivity contribution is 0.561. The number of allylic oxidation sites excluding steroid dienone is 4. The maximum atomic E-state index is 10.6. The molecule has 0 aliphatic heterocycles. The molecule has 0 heterocycles. The van der Waals surface area contributed by atoms with Gasteiger partial charge in [0.25, 0.3) is 0 Å². The molecule has 1 unspecified atom stereocenters. The van der Waals surface area contributed by atoms with Gasteiger partial charge in [0.1, 0.15) is 5.94 Å². The molecule has 0 saturated heterocycles. The van der Waals surface area contributed by atoms with Crippen molar-refractivity contribution in [3.05, 3.63) is 29.5 Å². The first-order chi connectivity index (χ1) is 6.27. The van der Waals surface area contributed by atoms with E-state index >= 15 is 0 Å². The molecular weight excluding hydrogens is 164 g/mol. The quantitative estimate of drug-likeness (QED) is 0.619. The number of carbonyl (C=O) groups excluding carboxylic acids is 1. The molecule has 4 N–H and O–H groups in total. The van der Waals surface area contributed by atoms with Crippen LogP contribution in [0, 0.1) is 5.92 Å². The third kappa shape index (κ3) is 2.58. The maximum absolute atomic E-state index is 10.6. The largest absolute Gasteiger partial charge is 0.399 e. The van der Waals surface area contributed by atoms with Gasteiger partial charge in [-0.1, -0.05) is 6.08 Å². The average molecular weight is 178 g/mol. The number of hydrogen-bond acceptors (Lipinski definition) is 3. The molecule has 1 atom stereocenters. The summed E-state index contributed by atoms with van der Waals surface area (Å²) in [4.78, 5) is 10.6. The second-order valence-electron chi connectivity index (χ2n) is 3.10. The summed E-state index contributed by atoms with van der Waals surface area (Å²) in [6, 6.07) is 0. The molecule has 0 radical (unpaired) electrons. The van der Waals surface area contributed by atoms with Crippen LogP contribution in [-0.2, 0) is 4.79 Å². The third-order valence-electron chi connectivity index (χ3n) is 2.08. The molecule has 3 nitrogen and oxygen atoms in total. The highest BCUT2D eigenvalue weighted by Crippen LogP contribution is 2.22. The fourth-order valence-corrected chi connectivity index (χ4v) is 1.36. The van der Waals surface area contributed by atoms with Crippen LogP contribution in [0.25, 0.3) is 0 Å². The minimum atomic E-state index is 0.147. The van der Waals surface area contributed by atoms with Gasteiger partial charge in [-0.3, -0.25) is 0 Å². The predicted octanol–water partition coefficient (Wildman–Crippen LogP) is 0.512. The van der Waals surface area contributed by atoms with Crippen molar-refractivity contribution in [3.63, 3.8) is 0 Å². The lowest BCUT2D eigenvalue weighted by atomic mass is 9.90. The van der Waals surface area contributed by atoms with E-state index in [4.69, 9.17) is 11.5 Å². The highest BCUT2D eigenvalue weighted by molar-refractivity contribution is 5.61. The Hall–Kier alpha value is -1.31. The molecule has 0 aromatic rings. The molecule has 13 heavy (non-hydrogen) atoms. The van der Waals surface area contributed by atoms with E-state index in [-0.39, 0.29) is 5.92 Å². The summed E-state index contributed by atoms with van der Waals surface area (Å²) >= 11 is 0. The van der Waals surface area contributed by atoms with Crippen molar-refractivity contribution < 1.29 is 4.79 Å². The summed E-state index contributed by atoms with van der Waals surface area (Å²) in [5.41, 5.74) is 12.2. The van der Waals surface area contributed by atoms with Crippen molar-refractivity contribution in [1.82, 2.24) is 0 Å². The van der Waals surface area contributed by atoms with E-state index in [9.17, 15) is 4.79 Å². The van der Waals surface area contributed by atoms with Crippen molar-refractivity contribution >= 4 is 5.94 Å². The van der Waals surface area contributed by atoms with Gasteiger partial charge < -0.3 is 11.5 Å². The fourth-order valence-electron chi connectivity index (χ4n) is 1.36. The maximum Gasteiger partial charge on any atom is 0.128 e. The second kappa shape index (κ2) is 4.65. The Bertz CT molecular complexity index is 285. The SMILES string of the molecule is NCCCC1C=CC(N)=CC1=C=O. The molecule has 0 saturated carbocycles. The predicted molar refractivity (Wildman–Crippen MR) is 52.4 cm³/mol. The number of nitrogens with two attached hydrogens (primary N) is 2.